The van der Waals surface area contributed by atoms with Crippen molar-refractivity contribution in [3.63, 3.8) is 0 Å². The second-order valence-electron chi connectivity index (χ2n) is 5.53. The molecular formula is C16H19F3N2O2. The van der Waals surface area contributed by atoms with Crippen LogP contribution in [0.1, 0.15) is 17.9 Å². The third-order valence-electron chi connectivity index (χ3n) is 3.79. The molecule has 0 saturated heterocycles. The molecule has 1 unspecified atom stereocenters. The number of hydrogen-bond acceptors (Lipinski definition) is 2. The van der Waals surface area contributed by atoms with Gasteiger partial charge in [-0.05, 0) is 12.0 Å². The lowest BCUT2D eigenvalue weighted by atomic mass is 9.98. The summed E-state index contributed by atoms with van der Waals surface area (Å²) >= 11 is 0. The zero-order valence-corrected chi connectivity index (χ0v) is 12.4. The number of rotatable bonds is 5. The van der Waals surface area contributed by atoms with E-state index in [2.05, 4.69) is 10.6 Å². The molecule has 3 atom stereocenters. The molecule has 0 aliphatic heterocycles. The molecule has 1 aliphatic rings. The topological polar surface area (TPSA) is 61.4 Å². The minimum absolute atomic E-state index is 0.0134. The first kappa shape index (κ1) is 17.3. The van der Waals surface area contributed by atoms with Gasteiger partial charge >= 0.3 is 12.2 Å². The van der Waals surface area contributed by atoms with E-state index in [-0.39, 0.29) is 24.1 Å². The summed E-state index contributed by atoms with van der Waals surface area (Å²) in [6.45, 7) is -0.542. The molecule has 0 bridgehead atoms. The maximum Gasteiger partial charge on any atom is 0.397 e. The van der Waals surface area contributed by atoms with Crippen LogP contribution in [0.3, 0.4) is 0 Å². The van der Waals surface area contributed by atoms with E-state index in [1.54, 1.807) is 18.2 Å². The molecule has 0 heterocycles. The van der Waals surface area contributed by atoms with E-state index in [9.17, 15) is 18.0 Å². The number of carbonyl (C=O) groups is 1. The van der Waals surface area contributed by atoms with E-state index >= 15 is 0 Å². The molecule has 0 spiro atoms. The molecule has 23 heavy (non-hydrogen) atoms. The van der Waals surface area contributed by atoms with Gasteiger partial charge in [0.2, 0.25) is 0 Å². The number of alkyl halides is 3. The van der Waals surface area contributed by atoms with E-state index in [0.29, 0.717) is 6.42 Å². The monoisotopic (exact) mass is 328 g/mol. The van der Waals surface area contributed by atoms with Crippen LogP contribution in [0.5, 0.6) is 0 Å². The lowest BCUT2D eigenvalue weighted by Gasteiger charge is -2.22. The van der Waals surface area contributed by atoms with Crippen LogP contribution in [0.25, 0.3) is 0 Å². The summed E-state index contributed by atoms with van der Waals surface area (Å²) in [7, 11) is 0. The molecule has 1 aromatic carbocycles. The lowest BCUT2D eigenvalue weighted by Crippen LogP contribution is -2.44. The zero-order chi connectivity index (χ0) is 16.9. The fourth-order valence-electron chi connectivity index (χ4n) is 2.54. The largest absolute Gasteiger partial charge is 0.397 e. The van der Waals surface area contributed by atoms with Gasteiger partial charge in [-0.25, -0.2) is 4.79 Å². The van der Waals surface area contributed by atoms with Gasteiger partial charge in [-0.2, -0.15) is 13.2 Å². The molecule has 1 aromatic rings. The predicted octanol–water partition coefficient (Wildman–Crippen LogP) is 2.57. The van der Waals surface area contributed by atoms with Crippen molar-refractivity contribution in [3.05, 3.63) is 48.0 Å². The number of hydrogen-bond donors (Lipinski definition) is 3. The summed E-state index contributed by atoms with van der Waals surface area (Å²) in [5, 5.41) is 13.9. The van der Waals surface area contributed by atoms with Crippen LogP contribution in [-0.4, -0.2) is 36.5 Å². The predicted molar refractivity (Wildman–Crippen MR) is 79.9 cm³/mol. The molecule has 7 heteroatoms. The third kappa shape index (κ3) is 4.99. The van der Waals surface area contributed by atoms with Crippen LogP contribution < -0.4 is 10.6 Å². The average Bonchev–Trinajstić information content (AvgIpc) is 2.94. The van der Waals surface area contributed by atoms with Crippen LogP contribution in [0, 0.1) is 5.92 Å². The maximum absolute atomic E-state index is 13.1. The quantitative estimate of drug-likeness (QED) is 0.728. The zero-order valence-electron chi connectivity index (χ0n) is 12.4. The maximum atomic E-state index is 13.1. The van der Waals surface area contributed by atoms with Gasteiger partial charge in [0.15, 0.2) is 0 Å². The minimum atomic E-state index is -4.44. The van der Waals surface area contributed by atoms with Crippen LogP contribution in [0.4, 0.5) is 18.0 Å². The highest BCUT2D eigenvalue weighted by molar-refractivity contribution is 5.74. The standard InChI is InChI=1S/C16H19F3N2O2/c17-16(18,19)14(12-4-2-1-3-5-12)9-20-15(23)21-13-7-6-11(8-13)10-22/h1-7,11,13-14,22H,8-10H2,(H2,20,21,23)/t11-,13+,14?/m0/s1. The second-order valence-corrected chi connectivity index (χ2v) is 5.53. The molecule has 0 saturated carbocycles. The summed E-state index contributed by atoms with van der Waals surface area (Å²) in [6.07, 6.45) is -0.373. The first-order chi connectivity index (χ1) is 10.9. The van der Waals surface area contributed by atoms with Gasteiger partial charge in [-0.15, -0.1) is 0 Å². The highest BCUT2D eigenvalue weighted by Gasteiger charge is 2.40. The SMILES string of the molecule is O=C(NCC(c1ccccc1)C(F)(F)F)N[C@@H]1C=C[C@H](CO)C1. The lowest BCUT2D eigenvalue weighted by molar-refractivity contribution is -0.149. The third-order valence-corrected chi connectivity index (χ3v) is 3.79. The Morgan fingerprint density at radius 3 is 2.52 bits per heavy atom. The van der Waals surface area contributed by atoms with Crippen molar-refractivity contribution in [2.75, 3.05) is 13.2 Å². The Balaban J connectivity index is 1.89. The normalized spacial score (nSPS) is 21.9. The summed E-state index contributed by atoms with van der Waals surface area (Å²) in [5.41, 5.74) is 0.112. The number of nitrogens with one attached hydrogen (secondary N) is 2. The Kier molecular flexibility index (Phi) is 5.65. The van der Waals surface area contributed by atoms with Crippen molar-refractivity contribution in [2.24, 2.45) is 5.92 Å². The molecule has 126 valence electrons. The van der Waals surface area contributed by atoms with E-state index in [0.717, 1.165) is 0 Å². The first-order valence-electron chi connectivity index (χ1n) is 7.35. The van der Waals surface area contributed by atoms with Gasteiger partial charge in [0.05, 0.1) is 5.92 Å². The first-order valence-corrected chi connectivity index (χ1v) is 7.35. The van der Waals surface area contributed by atoms with Crippen molar-refractivity contribution >= 4 is 6.03 Å². The van der Waals surface area contributed by atoms with Crippen molar-refractivity contribution in [1.82, 2.24) is 10.6 Å². The average molecular weight is 328 g/mol. The van der Waals surface area contributed by atoms with Crippen LogP contribution in [0.2, 0.25) is 0 Å². The molecule has 0 radical (unpaired) electrons. The highest BCUT2D eigenvalue weighted by atomic mass is 19.4. The Morgan fingerprint density at radius 1 is 1.26 bits per heavy atom. The molecule has 3 N–H and O–H groups in total. The minimum Gasteiger partial charge on any atom is -0.396 e. The van der Waals surface area contributed by atoms with E-state index in [1.807, 2.05) is 0 Å². The number of halogens is 3. The van der Waals surface area contributed by atoms with Gasteiger partial charge < -0.3 is 15.7 Å². The van der Waals surface area contributed by atoms with Crippen LogP contribution in [-0.2, 0) is 0 Å². The smallest absolute Gasteiger partial charge is 0.396 e. The molecule has 0 fully saturated rings. The number of aliphatic hydroxyl groups is 1. The fourth-order valence-corrected chi connectivity index (χ4v) is 2.54. The molecule has 2 rings (SSSR count). The van der Waals surface area contributed by atoms with Crippen molar-refractivity contribution in [1.29, 1.82) is 0 Å². The summed E-state index contributed by atoms with van der Waals surface area (Å²) < 4.78 is 39.4. The molecule has 1 aliphatic carbocycles. The van der Waals surface area contributed by atoms with E-state index in [1.165, 1.54) is 24.3 Å². The van der Waals surface area contributed by atoms with Gasteiger partial charge in [0.1, 0.15) is 0 Å². The van der Waals surface area contributed by atoms with Gasteiger partial charge in [0, 0.05) is 25.1 Å². The number of benzene rings is 1. The van der Waals surface area contributed by atoms with Gasteiger partial charge in [-0.3, -0.25) is 0 Å². The summed E-state index contributed by atoms with van der Waals surface area (Å²) in [4.78, 5) is 11.8. The number of carbonyl (C=O) groups excluding carboxylic acids is 1. The number of urea groups is 1. The van der Waals surface area contributed by atoms with Crippen LogP contribution in [0.15, 0.2) is 42.5 Å². The van der Waals surface area contributed by atoms with E-state index in [4.69, 9.17) is 5.11 Å². The Labute approximate surface area is 132 Å². The summed E-state index contributed by atoms with van der Waals surface area (Å²) in [5.74, 6) is -1.77. The number of amides is 2. The van der Waals surface area contributed by atoms with Gasteiger partial charge in [-0.1, -0.05) is 42.5 Å². The summed E-state index contributed by atoms with van der Waals surface area (Å²) in [6, 6.07) is 6.57. The van der Waals surface area contributed by atoms with E-state index < -0.39 is 24.7 Å². The van der Waals surface area contributed by atoms with Crippen molar-refractivity contribution < 1.29 is 23.1 Å². The van der Waals surface area contributed by atoms with Crippen molar-refractivity contribution in [2.45, 2.75) is 24.6 Å². The van der Waals surface area contributed by atoms with Gasteiger partial charge in [0.25, 0.3) is 0 Å². The molecular weight excluding hydrogens is 309 g/mol. The molecule has 0 aromatic heterocycles. The fraction of sp³-hybridized carbons (Fsp3) is 0.438. The van der Waals surface area contributed by atoms with Crippen molar-refractivity contribution in [3.8, 4) is 0 Å². The Morgan fingerprint density at radius 2 is 1.96 bits per heavy atom. The molecule has 4 nitrogen and oxygen atoms in total. The number of aliphatic hydroxyl groups excluding tert-OH is 1. The highest BCUT2D eigenvalue weighted by Crippen LogP contribution is 2.34. The Hall–Kier alpha value is -2.02. The molecule has 2 amide bonds. The van der Waals surface area contributed by atoms with Crippen LogP contribution >= 0.6 is 0 Å². The second kappa shape index (κ2) is 7.50. The Bertz CT molecular complexity index is 546.